The van der Waals surface area contributed by atoms with Crippen molar-refractivity contribution in [2.24, 2.45) is 0 Å². The molecule has 194 valence electrons. The first-order valence-corrected chi connectivity index (χ1v) is 12.0. The molecule has 1 aromatic carbocycles. The van der Waals surface area contributed by atoms with Crippen molar-refractivity contribution in [3.63, 3.8) is 0 Å². The molecule has 0 spiro atoms. The van der Waals surface area contributed by atoms with Crippen molar-refractivity contribution in [1.29, 1.82) is 0 Å². The van der Waals surface area contributed by atoms with Crippen LogP contribution < -0.4 is 10.6 Å². The second-order valence-corrected chi connectivity index (χ2v) is 9.46. The summed E-state index contributed by atoms with van der Waals surface area (Å²) in [5.41, 5.74) is 1.02. The summed E-state index contributed by atoms with van der Waals surface area (Å²) in [5.74, 6) is -2.54. The average molecular weight is 537 g/mol. The largest absolute Gasteiger partial charge is 0.465 e. The maximum Gasteiger partial charge on any atom is 0.348 e. The van der Waals surface area contributed by atoms with E-state index in [2.05, 4.69) is 10.6 Å². The third-order valence-corrected chi connectivity index (χ3v) is 5.87. The molecule has 0 fully saturated rings. The van der Waals surface area contributed by atoms with Crippen LogP contribution in [0.15, 0.2) is 18.2 Å². The van der Waals surface area contributed by atoms with Crippen molar-refractivity contribution in [3.05, 3.63) is 45.3 Å². The molecule has 12 heteroatoms. The number of hydrogen-bond donors (Lipinski definition) is 2. The summed E-state index contributed by atoms with van der Waals surface area (Å²) in [5, 5.41) is 6.04. The molecule has 2 N–H and O–H groups in total. The SMILES string of the molecule is COC(=O)c1sc(NC(=S)Nc2cc(C(=O)OC(C)C)cc(C(=O)OC(C)C)c2)c(C(=O)OC)c1C. The van der Waals surface area contributed by atoms with Crippen LogP contribution in [0, 0.1) is 6.92 Å². The van der Waals surface area contributed by atoms with Gasteiger partial charge in [0.25, 0.3) is 0 Å². The van der Waals surface area contributed by atoms with Crippen LogP contribution in [0.2, 0.25) is 0 Å². The van der Waals surface area contributed by atoms with Crippen molar-refractivity contribution in [2.75, 3.05) is 24.9 Å². The number of carbonyl (C=O) groups is 4. The maximum atomic E-state index is 12.5. The first-order chi connectivity index (χ1) is 16.9. The van der Waals surface area contributed by atoms with Crippen LogP contribution in [-0.2, 0) is 18.9 Å². The Morgan fingerprint density at radius 2 is 1.31 bits per heavy atom. The van der Waals surface area contributed by atoms with Crippen LogP contribution in [0.4, 0.5) is 10.7 Å². The van der Waals surface area contributed by atoms with Crippen LogP contribution in [-0.4, -0.2) is 55.4 Å². The van der Waals surface area contributed by atoms with Gasteiger partial charge in [0.1, 0.15) is 9.88 Å². The molecular weight excluding hydrogens is 508 g/mol. The predicted molar refractivity (Wildman–Crippen MR) is 139 cm³/mol. The van der Waals surface area contributed by atoms with E-state index < -0.39 is 23.9 Å². The van der Waals surface area contributed by atoms with Crippen molar-refractivity contribution >= 4 is 63.2 Å². The van der Waals surface area contributed by atoms with Gasteiger partial charge in [0.2, 0.25) is 0 Å². The van der Waals surface area contributed by atoms with E-state index in [1.165, 1.54) is 32.4 Å². The molecule has 0 aliphatic rings. The van der Waals surface area contributed by atoms with E-state index in [-0.39, 0.29) is 43.9 Å². The Morgan fingerprint density at radius 3 is 1.75 bits per heavy atom. The van der Waals surface area contributed by atoms with Gasteiger partial charge < -0.3 is 29.6 Å². The molecule has 36 heavy (non-hydrogen) atoms. The molecule has 1 heterocycles. The van der Waals surface area contributed by atoms with Gasteiger partial charge in [0.05, 0.1) is 43.1 Å². The number of anilines is 2. The van der Waals surface area contributed by atoms with E-state index in [0.717, 1.165) is 11.3 Å². The molecular formula is C24H28N2O8S2. The molecule has 0 aliphatic heterocycles. The number of methoxy groups -OCH3 is 2. The van der Waals surface area contributed by atoms with Crippen LogP contribution in [0.25, 0.3) is 0 Å². The third kappa shape index (κ3) is 7.25. The zero-order valence-electron chi connectivity index (χ0n) is 21.0. The van der Waals surface area contributed by atoms with Gasteiger partial charge in [-0.15, -0.1) is 11.3 Å². The second-order valence-electron chi connectivity index (χ2n) is 8.03. The molecule has 2 rings (SSSR count). The molecule has 0 saturated heterocycles. The fourth-order valence-corrected chi connectivity index (χ4v) is 4.40. The fourth-order valence-electron chi connectivity index (χ4n) is 3.00. The van der Waals surface area contributed by atoms with E-state index in [1.807, 2.05) is 0 Å². The maximum absolute atomic E-state index is 12.5. The first-order valence-electron chi connectivity index (χ1n) is 10.8. The standard InChI is InChI=1S/C24H28N2O8S2/c1-11(2)33-20(27)14-8-15(21(28)34-12(3)4)10-16(9-14)25-24(35)26-19-17(22(29)31-6)13(5)18(36-19)23(30)32-7/h8-12H,1-7H3,(H2,25,26,35). The van der Waals surface area contributed by atoms with E-state index in [0.29, 0.717) is 11.3 Å². The van der Waals surface area contributed by atoms with Crippen LogP contribution >= 0.6 is 23.6 Å². The van der Waals surface area contributed by atoms with Crippen LogP contribution in [0.3, 0.4) is 0 Å². The predicted octanol–water partition coefficient (Wildman–Crippen LogP) is 4.57. The Morgan fingerprint density at radius 1 is 0.806 bits per heavy atom. The highest BCUT2D eigenvalue weighted by molar-refractivity contribution is 7.80. The number of ether oxygens (including phenoxy) is 4. The summed E-state index contributed by atoms with van der Waals surface area (Å²) in [6.45, 7) is 8.41. The molecule has 10 nitrogen and oxygen atoms in total. The number of nitrogens with one attached hydrogen (secondary N) is 2. The third-order valence-electron chi connectivity index (χ3n) is 4.48. The van der Waals surface area contributed by atoms with Gasteiger partial charge >= 0.3 is 23.9 Å². The number of benzene rings is 1. The molecule has 2 aromatic rings. The van der Waals surface area contributed by atoms with Crippen LogP contribution in [0.5, 0.6) is 0 Å². The summed E-state index contributed by atoms with van der Waals surface area (Å²) in [4.78, 5) is 49.7. The molecule has 0 radical (unpaired) electrons. The van der Waals surface area contributed by atoms with Gasteiger partial charge in [-0.25, -0.2) is 19.2 Å². The molecule has 0 atom stereocenters. The lowest BCUT2D eigenvalue weighted by molar-refractivity contribution is 0.0376. The van der Waals surface area contributed by atoms with E-state index in [4.69, 9.17) is 31.2 Å². The van der Waals surface area contributed by atoms with Gasteiger partial charge in [-0.1, -0.05) is 0 Å². The van der Waals surface area contributed by atoms with Gasteiger partial charge in [-0.3, -0.25) is 0 Å². The lowest BCUT2D eigenvalue weighted by Gasteiger charge is -2.15. The van der Waals surface area contributed by atoms with Gasteiger partial charge in [0, 0.05) is 5.69 Å². The van der Waals surface area contributed by atoms with Crippen molar-refractivity contribution in [3.8, 4) is 0 Å². The number of rotatable bonds is 8. The molecule has 0 saturated carbocycles. The molecule has 0 bridgehead atoms. The van der Waals surface area contributed by atoms with Crippen molar-refractivity contribution in [2.45, 2.75) is 46.8 Å². The molecule has 0 aliphatic carbocycles. The summed E-state index contributed by atoms with van der Waals surface area (Å²) in [6.07, 6.45) is -0.739. The zero-order valence-corrected chi connectivity index (χ0v) is 22.6. The quantitative estimate of drug-likeness (QED) is 0.280. The number of thiocarbonyl (C=S) groups is 1. The number of hydrogen-bond acceptors (Lipinski definition) is 10. The second kappa shape index (κ2) is 12.5. The Balaban J connectivity index is 2.41. The smallest absolute Gasteiger partial charge is 0.348 e. The van der Waals surface area contributed by atoms with Crippen molar-refractivity contribution < 1.29 is 38.1 Å². The number of carbonyl (C=O) groups excluding carboxylic acids is 4. The lowest BCUT2D eigenvalue weighted by Crippen LogP contribution is -2.21. The summed E-state index contributed by atoms with van der Waals surface area (Å²) < 4.78 is 20.1. The van der Waals surface area contributed by atoms with Gasteiger partial charge in [-0.2, -0.15) is 0 Å². The van der Waals surface area contributed by atoms with E-state index in [1.54, 1.807) is 34.6 Å². The summed E-state index contributed by atoms with van der Waals surface area (Å²) in [7, 11) is 2.45. The highest BCUT2D eigenvalue weighted by atomic mass is 32.1. The highest BCUT2D eigenvalue weighted by Crippen LogP contribution is 2.34. The molecule has 0 unspecified atom stereocenters. The Hall–Kier alpha value is -3.51. The molecule has 1 aromatic heterocycles. The van der Waals surface area contributed by atoms with Crippen LogP contribution in [0.1, 0.15) is 74.0 Å². The zero-order chi connectivity index (χ0) is 27.2. The Kier molecular flexibility index (Phi) is 9.93. The first kappa shape index (κ1) is 28.7. The normalized spacial score (nSPS) is 10.6. The van der Waals surface area contributed by atoms with E-state index in [9.17, 15) is 19.2 Å². The topological polar surface area (TPSA) is 129 Å². The minimum absolute atomic E-state index is 0.0235. The minimum atomic E-state index is -0.665. The Bertz CT molecular complexity index is 1150. The average Bonchev–Trinajstić information content (AvgIpc) is 3.12. The summed E-state index contributed by atoms with van der Waals surface area (Å²) in [6, 6.07) is 4.30. The Labute approximate surface area is 218 Å². The minimum Gasteiger partial charge on any atom is -0.465 e. The van der Waals surface area contributed by atoms with E-state index >= 15 is 0 Å². The van der Waals surface area contributed by atoms with Crippen molar-refractivity contribution in [1.82, 2.24) is 0 Å². The van der Waals surface area contributed by atoms with Gasteiger partial charge in [0.15, 0.2) is 5.11 Å². The summed E-state index contributed by atoms with van der Waals surface area (Å²) >= 11 is 6.36. The number of esters is 4. The number of thiophene rings is 1. The fraction of sp³-hybridized carbons (Fsp3) is 0.375. The lowest BCUT2D eigenvalue weighted by atomic mass is 10.1. The highest BCUT2D eigenvalue weighted by Gasteiger charge is 2.26. The monoisotopic (exact) mass is 536 g/mol. The van der Waals surface area contributed by atoms with Gasteiger partial charge in [-0.05, 0) is 70.6 Å². The molecule has 0 amide bonds.